The van der Waals surface area contributed by atoms with Crippen LogP contribution in [0.2, 0.25) is 0 Å². The molecule has 2 N–H and O–H groups in total. The molecular weight excluding hydrogens is 324 g/mol. The molecule has 0 aliphatic carbocycles. The zero-order valence-corrected chi connectivity index (χ0v) is 14.3. The third-order valence-corrected chi connectivity index (χ3v) is 4.77. The molecule has 0 radical (unpaired) electrons. The van der Waals surface area contributed by atoms with E-state index in [1.54, 1.807) is 25.4 Å². The van der Waals surface area contributed by atoms with E-state index in [1.807, 2.05) is 30.3 Å². The van der Waals surface area contributed by atoms with Crippen molar-refractivity contribution in [3.63, 3.8) is 0 Å². The fourth-order valence-corrected chi connectivity index (χ4v) is 2.92. The summed E-state index contributed by atoms with van der Waals surface area (Å²) < 4.78 is 24.4. The highest BCUT2D eigenvalue weighted by Gasteiger charge is 2.04. The summed E-state index contributed by atoms with van der Waals surface area (Å²) in [5.41, 5.74) is 2.58. The van der Waals surface area contributed by atoms with Gasteiger partial charge in [0.15, 0.2) is 0 Å². The van der Waals surface area contributed by atoms with Crippen LogP contribution in [-0.2, 0) is 16.3 Å². The van der Waals surface area contributed by atoms with Crippen LogP contribution in [0.25, 0.3) is 11.0 Å². The number of fused-ring (bicyclic) bond motifs is 1. The van der Waals surface area contributed by atoms with E-state index >= 15 is 0 Å². The minimum absolute atomic E-state index is 0.533. The fraction of sp³-hybridized carbons (Fsp3) is 0.176. The highest BCUT2D eigenvalue weighted by Crippen LogP contribution is 2.19. The van der Waals surface area contributed by atoms with Gasteiger partial charge in [-0.3, -0.25) is 4.98 Å². The number of rotatable bonds is 5. The van der Waals surface area contributed by atoms with E-state index in [1.165, 1.54) is 6.26 Å². The average Bonchev–Trinajstić information content (AvgIpc) is 2.59. The molecule has 3 aromatic rings. The van der Waals surface area contributed by atoms with Crippen LogP contribution in [0, 0.1) is 4.78 Å². The van der Waals surface area contributed by atoms with Crippen molar-refractivity contribution in [1.82, 2.24) is 9.97 Å². The van der Waals surface area contributed by atoms with Crippen molar-refractivity contribution in [2.24, 2.45) is 0 Å². The SMILES string of the molecule is COc1ccc2nc(NCc3ccc(S(C)(=N)=O)cc3)cnc2c1. The van der Waals surface area contributed by atoms with Crippen LogP contribution in [0.4, 0.5) is 5.82 Å². The Labute approximate surface area is 140 Å². The lowest BCUT2D eigenvalue weighted by atomic mass is 10.2. The molecule has 1 atom stereocenters. The number of methoxy groups -OCH3 is 1. The molecule has 6 nitrogen and oxygen atoms in total. The van der Waals surface area contributed by atoms with Gasteiger partial charge in [-0.05, 0) is 29.8 Å². The third kappa shape index (κ3) is 3.62. The van der Waals surface area contributed by atoms with E-state index in [0.717, 1.165) is 22.3 Å². The van der Waals surface area contributed by atoms with E-state index < -0.39 is 9.73 Å². The lowest BCUT2D eigenvalue weighted by Crippen LogP contribution is -2.03. The second-order valence-corrected chi connectivity index (χ2v) is 7.61. The smallest absolute Gasteiger partial charge is 0.145 e. The maximum absolute atomic E-state index is 11.7. The lowest BCUT2D eigenvalue weighted by molar-refractivity contribution is 0.415. The van der Waals surface area contributed by atoms with Gasteiger partial charge in [0, 0.05) is 23.8 Å². The summed E-state index contributed by atoms with van der Waals surface area (Å²) in [6, 6.07) is 12.7. The minimum Gasteiger partial charge on any atom is -0.497 e. The Morgan fingerprint density at radius 3 is 2.58 bits per heavy atom. The Morgan fingerprint density at radius 1 is 1.17 bits per heavy atom. The average molecular weight is 342 g/mol. The lowest BCUT2D eigenvalue weighted by Gasteiger charge is -2.08. The van der Waals surface area contributed by atoms with E-state index in [0.29, 0.717) is 17.3 Å². The molecule has 1 aromatic heterocycles. The molecule has 1 heterocycles. The number of anilines is 1. The summed E-state index contributed by atoms with van der Waals surface area (Å²) in [6.45, 7) is 0.569. The number of nitrogens with zero attached hydrogens (tertiary/aromatic N) is 2. The van der Waals surface area contributed by atoms with Crippen LogP contribution >= 0.6 is 0 Å². The van der Waals surface area contributed by atoms with Gasteiger partial charge in [-0.25, -0.2) is 14.0 Å². The Balaban J connectivity index is 1.73. The first kappa shape index (κ1) is 16.2. The molecule has 0 amide bonds. The van der Waals surface area contributed by atoms with Crippen LogP contribution in [0.15, 0.2) is 53.6 Å². The zero-order valence-electron chi connectivity index (χ0n) is 13.4. The standard InChI is InChI=1S/C17H18N4O2S/c1-23-13-5-8-15-16(9-13)19-11-17(21-15)20-10-12-3-6-14(7-4-12)24(2,18)22/h3-9,11,18H,10H2,1-2H3,(H,20,21). The number of nitrogens with one attached hydrogen (secondary N) is 2. The Morgan fingerprint density at radius 2 is 1.92 bits per heavy atom. The first-order valence-electron chi connectivity index (χ1n) is 7.33. The molecule has 7 heteroatoms. The van der Waals surface area contributed by atoms with Gasteiger partial charge in [-0.15, -0.1) is 0 Å². The fourth-order valence-electron chi connectivity index (χ4n) is 2.26. The largest absolute Gasteiger partial charge is 0.497 e. The number of benzene rings is 2. The summed E-state index contributed by atoms with van der Waals surface area (Å²) in [6.07, 6.45) is 3.10. The van der Waals surface area contributed by atoms with Crippen LogP contribution in [0.3, 0.4) is 0 Å². The van der Waals surface area contributed by atoms with Gasteiger partial charge in [0.1, 0.15) is 11.6 Å². The molecule has 3 rings (SSSR count). The van der Waals surface area contributed by atoms with Crippen LogP contribution in [-0.4, -0.2) is 27.5 Å². The summed E-state index contributed by atoms with van der Waals surface area (Å²) >= 11 is 0. The van der Waals surface area contributed by atoms with Crippen molar-refractivity contribution >= 4 is 26.6 Å². The topological polar surface area (TPSA) is 88.0 Å². The molecule has 0 aliphatic rings. The molecule has 0 fully saturated rings. The highest BCUT2D eigenvalue weighted by atomic mass is 32.2. The normalized spacial score (nSPS) is 13.4. The van der Waals surface area contributed by atoms with Crippen molar-refractivity contribution in [1.29, 1.82) is 4.78 Å². The quantitative estimate of drug-likeness (QED) is 0.743. The highest BCUT2D eigenvalue weighted by molar-refractivity contribution is 7.91. The Kier molecular flexibility index (Phi) is 4.35. The van der Waals surface area contributed by atoms with E-state index in [2.05, 4.69) is 15.3 Å². The van der Waals surface area contributed by atoms with E-state index in [4.69, 9.17) is 9.52 Å². The van der Waals surface area contributed by atoms with Gasteiger partial charge in [0.2, 0.25) is 0 Å². The van der Waals surface area contributed by atoms with E-state index in [-0.39, 0.29) is 0 Å². The van der Waals surface area contributed by atoms with Gasteiger partial charge in [0.25, 0.3) is 0 Å². The Bertz CT molecular complexity index is 970. The molecule has 0 saturated carbocycles. The van der Waals surface area contributed by atoms with Crippen molar-refractivity contribution in [2.45, 2.75) is 11.4 Å². The van der Waals surface area contributed by atoms with Gasteiger partial charge in [0.05, 0.1) is 34.1 Å². The summed E-state index contributed by atoms with van der Waals surface area (Å²) in [7, 11) is -1.05. The van der Waals surface area contributed by atoms with Crippen molar-refractivity contribution in [2.75, 3.05) is 18.7 Å². The van der Waals surface area contributed by atoms with Crippen molar-refractivity contribution in [3.05, 3.63) is 54.2 Å². The zero-order chi connectivity index (χ0) is 17.2. The molecule has 0 bridgehead atoms. The molecule has 2 aromatic carbocycles. The van der Waals surface area contributed by atoms with Gasteiger partial charge >= 0.3 is 0 Å². The predicted molar refractivity (Wildman–Crippen MR) is 94.9 cm³/mol. The number of ether oxygens (including phenoxy) is 1. The van der Waals surface area contributed by atoms with Crippen molar-refractivity contribution < 1.29 is 8.95 Å². The van der Waals surface area contributed by atoms with Gasteiger partial charge in [-0.1, -0.05) is 12.1 Å². The van der Waals surface area contributed by atoms with Gasteiger partial charge < -0.3 is 10.1 Å². The van der Waals surface area contributed by atoms with Crippen molar-refractivity contribution in [3.8, 4) is 5.75 Å². The molecule has 1 unspecified atom stereocenters. The molecule has 0 saturated heterocycles. The molecular formula is C17H18N4O2S. The number of hydrogen-bond acceptors (Lipinski definition) is 6. The molecule has 0 spiro atoms. The van der Waals surface area contributed by atoms with Crippen LogP contribution in [0.1, 0.15) is 5.56 Å². The molecule has 24 heavy (non-hydrogen) atoms. The second kappa shape index (κ2) is 6.45. The number of hydrogen-bond donors (Lipinski definition) is 2. The summed E-state index contributed by atoms with van der Waals surface area (Å²) in [5.74, 6) is 1.43. The third-order valence-electron chi connectivity index (χ3n) is 3.60. The monoisotopic (exact) mass is 342 g/mol. The predicted octanol–water partition coefficient (Wildman–Crippen LogP) is 3.29. The summed E-state index contributed by atoms with van der Waals surface area (Å²) in [4.78, 5) is 9.43. The first-order chi connectivity index (χ1) is 11.5. The van der Waals surface area contributed by atoms with Crippen LogP contribution in [0.5, 0.6) is 5.75 Å². The molecule has 124 valence electrons. The van der Waals surface area contributed by atoms with Gasteiger partial charge in [-0.2, -0.15) is 0 Å². The first-order valence-corrected chi connectivity index (χ1v) is 9.30. The Hall–Kier alpha value is -2.67. The second-order valence-electron chi connectivity index (χ2n) is 5.45. The molecule has 0 aliphatic heterocycles. The maximum Gasteiger partial charge on any atom is 0.145 e. The summed E-state index contributed by atoms with van der Waals surface area (Å²) in [5, 5.41) is 3.22. The maximum atomic E-state index is 11.7. The minimum atomic E-state index is -2.67. The van der Waals surface area contributed by atoms with Crippen LogP contribution < -0.4 is 10.1 Å². The van der Waals surface area contributed by atoms with E-state index in [9.17, 15) is 4.21 Å². The number of aromatic nitrogens is 2.